The first-order valence-corrected chi connectivity index (χ1v) is 19.2. The summed E-state index contributed by atoms with van der Waals surface area (Å²) in [5.41, 5.74) is 0. The van der Waals surface area contributed by atoms with E-state index in [0.29, 0.717) is 6.61 Å². The Balaban J connectivity index is 2.02. The van der Waals surface area contributed by atoms with Crippen molar-refractivity contribution in [3.8, 4) is 0 Å². The number of hydrogen-bond acceptors (Lipinski definition) is 6. The first-order chi connectivity index (χ1) is 19.8. The summed E-state index contributed by atoms with van der Waals surface area (Å²) in [5.74, 6) is 0.0797. The Morgan fingerprint density at radius 3 is 1.95 bits per heavy atom. The number of unbranched alkanes of at least 4 members (excludes halogenated alkanes) is 14. The minimum absolute atomic E-state index is 0.0194. The van der Waals surface area contributed by atoms with Crippen LogP contribution >= 0.6 is 18.9 Å². The Morgan fingerprint density at radius 2 is 1.41 bits per heavy atom. The van der Waals surface area contributed by atoms with Crippen molar-refractivity contribution in [2.24, 2.45) is 5.92 Å². The number of hydrogen-bond donors (Lipinski definition) is 3. The van der Waals surface area contributed by atoms with E-state index < -0.39 is 6.72 Å². The molecule has 1 fully saturated rings. The summed E-state index contributed by atoms with van der Waals surface area (Å²) in [6.45, 7) is 1.23. The third kappa shape index (κ3) is 19.8. The Morgan fingerprint density at radius 1 is 0.878 bits per heavy atom. The van der Waals surface area contributed by atoms with Gasteiger partial charge in [0.05, 0.1) is 6.61 Å². The summed E-state index contributed by atoms with van der Waals surface area (Å²) in [5, 5.41) is 7.45. The van der Waals surface area contributed by atoms with Gasteiger partial charge in [0.15, 0.2) is 5.11 Å². The molecule has 0 saturated carbocycles. The highest BCUT2D eigenvalue weighted by Gasteiger charge is 2.44. The fraction of sp³-hybridized carbons (Fsp3) is 0.900. The lowest BCUT2D eigenvalue weighted by molar-refractivity contribution is -0.0146. The Bertz CT molecular complexity index is 737. The lowest BCUT2D eigenvalue weighted by Crippen LogP contribution is -2.36. The van der Waals surface area contributed by atoms with Gasteiger partial charge in [-0.3, -0.25) is 0 Å². The molecule has 0 radical (unpaired) electrons. The molecule has 2 unspecified atom stereocenters. The highest BCUT2D eigenvalue weighted by molar-refractivity contribution is 8.07. The van der Waals surface area contributed by atoms with E-state index >= 15 is 0 Å². The van der Waals surface area contributed by atoms with Gasteiger partial charge in [0.2, 0.25) is 0 Å². The van der Waals surface area contributed by atoms with Gasteiger partial charge in [-0.15, -0.1) is 0 Å². The molecule has 0 aromatic heterocycles. The second-order valence-corrected chi connectivity index (χ2v) is 14.7. The van der Waals surface area contributed by atoms with Crippen molar-refractivity contribution in [1.29, 1.82) is 0 Å². The van der Waals surface area contributed by atoms with Crippen LogP contribution in [0.5, 0.6) is 0 Å². The van der Waals surface area contributed by atoms with Gasteiger partial charge in [-0.2, -0.15) is 0 Å². The van der Waals surface area contributed by atoms with Crippen LogP contribution in [0.3, 0.4) is 0 Å². The molecule has 0 aromatic carbocycles. The summed E-state index contributed by atoms with van der Waals surface area (Å²) >= 11 is 10.5. The molecule has 1 saturated heterocycles. The normalized spacial score (nSPS) is 22.2. The Hall–Kier alpha value is -0.0551. The van der Waals surface area contributed by atoms with E-state index in [1.807, 2.05) is 7.85 Å². The van der Waals surface area contributed by atoms with Crippen LogP contribution < -0.4 is 10.6 Å². The van der Waals surface area contributed by atoms with Crippen molar-refractivity contribution < 1.29 is 23.4 Å². The Kier molecular flexibility index (Phi) is 24.0. The number of allylic oxidation sites excluding steroid dienone is 2. The predicted molar refractivity (Wildman–Crippen MR) is 183 cm³/mol. The highest BCUT2D eigenvalue weighted by atomic mass is 32.5. The molecule has 240 valence electrons. The molecular formula is C30H60BN2O5PS2. The zero-order valence-corrected chi connectivity index (χ0v) is 29.0. The van der Waals surface area contributed by atoms with Crippen molar-refractivity contribution in [3.63, 3.8) is 0 Å². The first-order valence-electron chi connectivity index (χ1n) is 16.2. The minimum atomic E-state index is -3.28. The number of ether oxygens (including phenoxy) is 2. The van der Waals surface area contributed by atoms with Gasteiger partial charge in [0.1, 0.15) is 20.1 Å². The topological polar surface area (TPSA) is 81.2 Å². The number of methoxy groups -OCH3 is 1. The third-order valence-electron chi connectivity index (χ3n) is 7.82. The molecule has 1 rings (SSSR count). The summed E-state index contributed by atoms with van der Waals surface area (Å²) in [6, 6.07) is -0.0194. The highest BCUT2D eigenvalue weighted by Crippen LogP contribution is 2.48. The van der Waals surface area contributed by atoms with Crippen LogP contribution in [0.1, 0.15) is 116 Å². The smallest absolute Gasteiger partial charge is 0.324 e. The van der Waals surface area contributed by atoms with Crippen molar-refractivity contribution in [2.45, 2.75) is 134 Å². The van der Waals surface area contributed by atoms with E-state index in [-0.39, 0.29) is 24.1 Å². The van der Waals surface area contributed by atoms with Gasteiger partial charge < -0.3 is 34.0 Å². The van der Waals surface area contributed by atoms with Crippen LogP contribution in [0.4, 0.5) is 0 Å². The van der Waals surface area contributed by atoms with Gasteiger partial charge in [0.25, 0.3) is 0 Å². The van der Waals surface area contributed by atoms with Crippen LogP contribution in [0.25, 0.3) is 0 Å². The zero-order valence-electron chi connectivity index (χ0n) is 26.5. The van der Waals surface area contributed by atoms with Crippen LogP contribution in [0.2, 0.25) is 0 Å². The number of nitrogens with one attached hydrogen (secondary N) is 2. The fourth-order valence-corrected chi connectivity index (χ4v) is 6.52. The molecule has 7 nitrogen and oxygen atoms in total. The molecule has 3 N–H and O–H groups in total. The van der Waals surface area contributed by atoms with Gasteiger partial charge in [-0.05, 0) is 56.1 Å². The van der Waals surface area contributed by atoms with Gasteiger partial charge in [-0.1, -0.05) is 96.1 Å². The molecule has 1 aliphatic rings. The van der Waals surface area contributed by atoms with Crippen molar-refractivity contribution in [1.82, 2.24) is 10.6 Å². The van der Waals surface area contributed by atoms with Crippen LogP contribution in [0, 0.1) is 5.92 Å². The summed E-state index contributed by atoms with van der Waals surface area (Å²) in [4.78, 5) is 10.2. The van der Waals surface area contributed by atoms with E-state index in [1.165, 1.54) is 90.6 Å². The molecular weight excluding hydrogens is 574 g/mol. The van der Waals surface area contributed by atoms with Crippen LogP contribution in [-0.4, -0.2) is 70.0 Å². The van der Waals surface area contributed by atoms with Crippen LogP contribution in [-0.2, 0) is 30.3 Å². The largest absolute Gasteiger partial charge is 0.382 e. The van der Waals surface area contributed by atoms with E-state index in [1.54, 1.807) is 7.11 Å². The predicted octanol–water partition coefficient (Wildman–Crippen LogP) is 6.53. The standard InChI is InChI=1S/C30H60BN2O5PS2/c1-4-5-6-7-8-9-10-11-12-13-14-17-20-23-32-30(40)33-24-21-18-15-16-19-22-26-28(38-39(34,41)36-3)27(25-35-2)37-29(26)31/h16,19,26-29H,4-15,17-18,20-25,31H2,1-3H3,(H,34,41)(H2,32,33,40)/b19-16+/t26-,27+,28?,29+,39?/m0/s1. The molecule has 0 spiro atoms. The number of rotatable bonds is 26. The monoisotopic (exact) mass is 634 g/mol. The van der Waals surface area contributed by atoms with Gasteiger partial charge in [0, 0.05) is 39.2 Å². The van der Waals surface area contributed by atoms with Gasteiger partial charge >= 0.3 is 6.72 Å². The summed E-state index contributed by atoms with van der Waals surface area (Å²) < 4.78 is 22.1. The zero-order chi connectivity index (χ0) is 30.2. The molecule has 1 aliphatic heterocycles. The molecule has 0 bridgehead atoms. The summed E-state index contributed by atoms with van der Waals surface area (Å²) in [7, 11) is 5.03. The fourth-order valence-electron chi connectivity index (χ4n) is 5.33. The first kappa shape index (κ1) is 39.0. The average molecular weight is 635 g/mol. The second-order valence-electron chi connectivity index (χ2n) is 11.3. The third-order valence-corrected chi connectivity index (χ3v) is 9.79. The maximum Gasteiger partial charge on any atom is 0.324 e. The molecule has 0 aromatic rings. The van der Waals surface area contributed by atoms with E-state index in [2.05, 4.69) is 29.7 Å². The van der Waals surface area contributed by atoms with Crippen LogP contribution in [0.15, 0.2) is 12.2 Å². The molecule has 5 atom stereocenters. The molecule has 41 heavy (non-hydrogen) atoms. The van der Waals surface area contributed by atoms with E-state index in [9.17, 15) is 4.89 Å². The van der Waals surface area contributed by atoms with E-state index in [0.717, 1.165) is 43.9 Å². The molecule has 1 heterocycles. The van der Waals surface area contributed by atoms with E-state index in [4.69, 9.17) is 42.5 Å². The lowest BCUT2D eigenvalue weighted by atomic mass is 9.82. The van der Waals surface area contributed by atoms with Crippen molar-refractivity contribution in [2.75, 3.05) is 33.9 Å². The SMILES string of the molecule is B[C@@H]1O[C@H](COC)C(OP(O)(=S)OC)[C@@H]1C/C=C/CCCCNC(=S)NCCCCCCCCCCCCCCC. The molecule has 11 heteroatoms. The summed E-state index contributed by atoms with van der Waals surface area (Å²) in [6.07, 6.45) is 25.6. The Labute approximate surface area is 263 Å². The quantitative estimate of drug-likeness (QED) is 0.0324. The van der Waals surface area contributed by atoms with Gasteiger partial charge in [-0.25, -0.2) is 0 Å². The second kappa shape index (κ2) is 25.3. The lowest BCUT2D eigenvalue weighted by Gasteiger charge is -2.26. The maximum absolute atomic E-state index is 10.2. The average Bonchev–Trinajstić information content (AvgIpc) is 3.23. The number of thiocarbonyl (C=S) groups is 1. The molecule has 0 aliphatic carbocycles. The van der Waals surface area contributed by atoms with Crippen molar-refractivity contribution in [3.05, 3.63) is 12.2 Å². The molecule has 0 amide bonds. The van der Waals surface area contributed by atoms with Crippen molar-refractivity contribution >= 4 is 43.7 Å². The maximum atomic E-state index is 10.2. The minimum Gasteiger partial charge on any atom is -0.382 e.